The SMILES string of the molecule is C=CCOC12Oc3ccc(OCc4cccc(C)n4)cc3C3C(CCCCO)C(CCCCO)C=C(C(=NOCC)CC1N(CCC)C(=O)OCCCCCCCCCCCC)C32. The molecule has 6 unspecified atom stereocenters. The lowest BCUT2D eigenvalue weighted by Gasteiger charge is -2.59. The number of unbranched alkanes of at least 4 members (excludes halogenated alkanes) is 11. The minimum atomic E-state index is -1.33. The fraction of sp³-hybridized carbons (Fsp3) is 0.673. The zero-order chi connectivity index (χ0) is 44.9. The zero-order valence-electron chi connectivity index (χ0n) is 39.1. The second-order valence-electron chi connectivity index (χ2n) is 17.7. The van der Waals surface area contributed by atoms with Gasteiger partial charge in [0, 0.05) is 43.4 Å². The lowest BCUT2D eigenvalue weighted by molar-refractivity contribution is -0.255. The zero-order valence-corrected chi connectivity index (χ0v) is 39.1. The van der Waals surface area contributed by atoms with Gasteiger partial charge in [-0.1, -0.05) is 108 Å². The third-order valence-corrected chi connectivity index (χ3v) is 13.1. The molecule has 1 fully saturated rings. The Hall–Kier alpha value is -3.93. The van der Waals surface area contributed by atoms with Gasteiger partial charge in [0.25, 0.3) is 0 Å². The number of aromatic nitrogens is 1. The van der Waals surface area contributed by atoms with Gasteiger partial charge in [-0.05, 0) is 100 Å². The second-order valence-corrected chi connectivity index (χ2v) is 17.7. The van der Waals surface area contributed by atoms with Gasteiger partial charge < -0.3 is 34.0 Å². The molecule has 2 aromatic rings. The largest absolute Gasteiger partial charge is 0.487 e. The maximum absolute atomic E-state index is 14.5. The monoisotopic (exact) mass is 874 g/mol. The van der Waals surface area contributed by atoms with Crippen molar-refractivity contribution in [2.45, 2.75) is 168 Å². The van der Waals surface area contributed by atoms with E-state index in [1.807, 2.05) is 49.1 Å². The molecular weight excluding hydrogens is 795 g/mol. The molecule has 2 heterocycles. The third-order valence-electron chi connectivity index (χ3n) is 13.1. The van der Waals surface area contributed by atoms with Crippen LogP contribution in [0.4, 0.5) is 4.79 Å². The first-order valence-electron chi connectivity index (χ1n) is 24.5. The quantitative estimate of drug-likeness (QED) is 0.0447. The molecule has 63 heavy (non-hydrogen) atoms. The van der Waals surface area contributed by atoms with E-state index in [-0.39, 0.29) is 49.6 Å². The Kier molecular flexibility index (Phi) is 21.3. The Bertz CT molecular complexity index is 1750. The number of carbonyl (C=O) groups is 1. The Morgan fingerprint density at radius 1 is 0.937 bits per heavy atom. The summed E-state index contributed by atoms with van der Waals surface area (Å²) < 4.78 is 27.0. The summed E-state index contributed by atoms with van der Waals surface area (Å²) in [6, 6.07) is 11.4. The van der Waals surface area contributed by atoms with E-state index < -0.39 is 11.8 Å². The lowest BCUT2D eigenvalue weighted by atomic mass is 9.55. The van der Waals surface area contributed by atoms with Crippen LogP contribution < -0.4 is 9.47 Å². The van der Waals surface area contributed by atoms with Crippen LogP contribution in [0, 0.1) is 24.7 Å². The highest BCUT2D eigenvalue weighted by Crippen LogP contribution is 2.62. The molecule has 5 rings (SSSR count). The predicted octanol–water partition coefficient (Wildman–Crippen LogP) is 11.4. The number of nitrogens with zero attached hydrogens (tertiary/aromatic N) is 3. The second kappa shape index (κ2) is 26.8. The number of fused-ring (bicyclic) bond motifs is 2. The first kappa shape index (κ1) is 50.1. The Morgan fingerprint density at radius 3 is 2.35 bits per heavy atom. The van der Waals surface area contributed by atoms with Gasteiger partial charge in [0.1, 0.15) is 30.8 Å². The Morgan fingerprint density at radius 2 is 1.67 bits per heavy atom. The normalized spacial score (nSPS) is 23.0. The number of hydrogen-bond acceptors (Lipinski definition) is 10. The van der Waals surface area contributed by atoms with Crippen LogP contribution in [0.5, 0.6) is 11.5 Å². The van der Waals surface area contributed by atoms with Crippen LogP contribution in [0.2, 0.25) is 0 Å². The lowest BCUT2D eigenvalue weighted by Crippen LogP contribution is -2.70. The number of aliphatic hydroxyl groups excluding tert-OH is 2. The summed E-state index contributed by atoms with van der Waals surface area (Å²) in [4.78, 5) is 26.9. The first-order valence-corrected chi connectivity index (χ1v) is 24.5. The molecule has 3 aliphatic rings. The van der Waals surface area contributed by atoms with Crippen molar-refractivity contribution in [3.8, 4) is 11.5 Å². The maximum atomic E-state index is 14.5. The molecule has 1 aliphatic heterocycles. The minimum absolute atomic E-state index is 0.113. The Balaban J connectivity index is 1.55. The topological polar surface area (TPSA) is 132 Å². The number of ether oxygens (including phenoxy) is 4. The van der Waals surface area contributed by atoms with E-state index in [0.29, 0.717) is 63.5 Å². The minimum Gasteiger partial charge on any atom is -0.487 e. The van der Waals surface area contributed by atoms with Gasteiger partial charge in [-0.15, -0.1) is 6.58 Å². The highest BCUT2D eigenvalue weighted by molar-refractivity contribution is 6.03. The molecule has 0 radical (unpaired) electrons. The molecule has 11 heteroatoms. The van der Waals surface area contributed by atoms with Crippen LogP contribution in [0.1, 0.15) is 159 Å². The molecule has 0 spiro atoms. The van der Waals surface area contributed by atoms with Crippen molar-refractivity contribution < 1.29 is 38.8 Å². The van der Waals surface area contributed by atoms with E-state index in [4.69, 9.17) is 28.9 Å². The molecule has 11 nitrogen and oxygen atoms in total. The van der Waals surface area contributed by atoms with Crippen LogP contribution >= 0.6 is 0 Å². The van der Waals surface area contributed by atoms with Gasteiger partial charge in [0.15, 0.2) is 0 Å². The van der Waals surface area contributed by atoms with Crippen molar-refractivity contribution in [3.05, 3.63) is 77.7 Å². The van der Waals surface area contributed by atoms with E-state index in [1.54, 1.807) is 6.08 Å². The number of carbonyl (C=O) groups excluding carboxylic acids is 1. The number of benzene rings is 1. The van der Waals surface area contributed by atoms with Gasteiger partial charge in [0.2, 0.25) is 5.79 Å². The molecule has 2 aliphatic carbocycles. The van der Waals surface area contributed by atoms with E-state index in [0.717, 1.165) is 73.2 Å². The molecule has 350 valence electrons. The van der Waals surface area contributed by atoms with Crippen molar-refractivity contribution in [3.63, 3.8) is 0 Å². The molecular formula is C52H79N3O8. The van der Waals surface area contributed by atoms with E-state index in [1.165, 1.54) is 44.9 Å². The number of pyridine rings is 1. The summed E-state index contributed by atoms with van der Waals surface area (Å²) in [6.07, 6.45) is 21.6. The smallest absolute Gasteiger partial charge is 0.410 e. The average molecular weight is 874 g/mol. The van der Waals surface area contributed by atoms with Gasteiger partial charge in [0.05, 0.1) is 30.5 Å². The number of oxime groups is 1. The van der Waals surface area contributed by atoms with Crippen LogP contribution in [0.25, 0.3) is 0 Å². The molecule has 0 saturated heterocycles. The summed E-state index contributed by atoms with van der Waals surface area (Å²) in [7, 11) is 0. The van der Waals surface area contributed by atoms with Gasteiger partial charge in [-0.25, -0.2) is 4.79 Å². The number of rotatable bonds is 30. The summed E-state index contributed by atoms with van der Waals surface area (Å²) in [5.74, 6) is -0.210. The highest BCUT2D eigenvalue weighted by atomic mass is 16.7. The number of hydrogen-bond donors (Lipinski definition) is 2. The van der Waals surface area contributed by atoms with E-state index in [2.05, 4.69) is 37.6 Å². The molecule has 0 bridgehead atoms. The number of aryl methyl sites for hydroxylation is 1. The van der Waals surface area contributed by atoms with Crippen molar-refractivity contribution in [1.29, 1.82) is 0 Å². The fourth-order valence-electron chi connectivity index (χ4n) is 10.2. The van der Waals surface area contributed by atoms with Crippen LogP contribution in [0.15, 0.2) is 65.9 Å². The third kappa shape index (κ3) is 13.6. The molecule has 1 saturated carbocycles. The molecule has 2 N–H and O–H groups in total. The number of amides is 1. The fourth-order valence-corrected chi connectivity index (χ4v) is 10.2. The van der Waals surface area contributed by atoms with Crippen molar-refractivity contribution in [2.75, 3.05) is 39.6 Å². The molecule has 6 atom stereocenters. The van der Waals surface area contributed by atoms with E-state index in [9.17, 15) is 15.0 Å². The molecule has 1 amide bonds. The number of allylic oxidation sites excluding steroid dienone is 1. The van der Waals surface area contributed by atoms with Gasteiger partial charge in [-0.2, -0.15) is 0 Å². The van der Waals surface area contributed by atoms with Crippen LogP contribution in [-0.4, -0.2) is 83.3 Å². The van der Waals surface area contributed by atoms with Crippen molar-refractivity contribution >= 4 is 11.8 Å². The van der Waals surface area contributed by atoms with Gasteiger partial charge >= 0.3 is 6.09 Å². The Labute approximate surface area is 378 Å². The maximum Gasteiger partial charge on any atom is 0.410 e. The predicted molar refractivity (Wildman–Crippen MR) is 250 cm³/mol. The van der Waals surface area contributed by atoms with Crippen LogP contribution in [-0.2, 0) is 20.9 Å². The van der Waals surface area contributed by atoms with E-state index >= 15 is 0 Å². The highest BCUT2D eigenvalue weighted by Gasteiger charge is 2.65. The van der Waals surface area contributed by atoms with Crippen molar-refractivity contribution in [1.82, 2.24) is 9.88 Å². The molecule has 1 aromatic heterocycles. The summed E-state index contributed by atoms with van der Waals surface area (Å²) in [5.41, 5.74) is 4.58. The summed E-state index contributed by atoms with van der Waals surface area (Å²) in [5, 5.41) is 24.7. The summed E-state index contributed by atoms with van der Waals surface area (Å²) in [6.45, 7) is 14.3. The van der Waals surface area contributed by atoms with Crippen molar-refractivity contribution in [2.24, 2.45) is 22.9 Å². The summed E-state index contributed by atoms with van der Waals surface area (Å²) >= 11 is 0. The van der Waals surface area contributed by atoms with Crippen LogP contribution in [0.3, 0.4) is 0 Å². The number of aliphatic hydroxyl groups is 2. The standard InChI is InChI=1S/C52H79N3O8/c1-6-10-11-12-13-14-15-16-17-22-34-59-51(58)55(30-7-2)48-37-46(54-62-9-4)44-35-40(25-18-20-31-56)43(27-19-21-32-57)49-45-36-42(60-38-41-26-23-24-39(5)53-41)28-29-47(45)63-52(48,50(44)49)61-33-8-3/h8,23-24,26,28-29,35-36,40,43,48-50,56-57H,3,6-7,9-22,25,27,30-34,37-38H2,1-2,4-5H3. The first-order chi connectivity index (χ1) is 30.8. The molecule has 1 aromatic carbocycles. The van der Waals surface area contributed by atoms with Gasteiger partial charge in [-0.3, -0.25) is 9.88 Å². The average Bonchev–Trinajstić information content (AvgIpc) is 3.29.